The lowest BCUT2D eigenvalue weighted by molar-refractivity contribution is -0.144. The van der Waals surface area contributed by atoms with Gasteiger partial charge in [0.1, 0.15) is 18.1 Å². The molecule has 0 bridgehead atoms. The Bertz CT molecular complexity index is 972. The number of aliphatic hydroxyl groups is 1. The van der Waals surface area contributed by atoms with Gasteiger partial charge in [-0.15, -0.1) is 11.8 Å². The summed E-state index contributed by atoms with van der Waals surface area (Å²) < 4.78 is 4.62. The first kappa shape index (κ1) is 30.1. The van der Waals surface area contributed by atoms with Crippen LogP contribution in [0.4, 0.5) is 0 Å². The molecule has 36 heavy (non-hydrogen) atoms. The zero-order chi connectivity index (χ0) is 27.1. The predicted octanol–water partition coefficient (Wildman–Crippen LogP) is -0.823. The summed E-state index contributed by atoms with van der Waals surface area (Å²) in [6.45, 7) is 3.69. The predicted molar refractivity (Wildman–Crippen MR) is 131 cm³/mol. The molecular formula is C25H34N4O7. The lowest BCUT2D eigenvalue weighted by atomic mass is 10.1. The van der Waals surface area contributed by atoms with Gasteiger partial charge in [-0.2, -0.15) is 0 Å². The average Bonchev–Trinajstić information content (AvgIpc) is 2.84. The van der Waals surface area contributed by atoms with Gasteiger partial charge in [-0.1, -0.05) is 30.3 Å². The van der Waals surface area contributed by atoms with Crippen molar-refractivity contribution >= 4 is 29.6 Å². The Hall–Kier alpha value is -3.91. The molecule has 1 aromatic carbocycles. The average molecular weight is 503 g/mol. The second-order valence-electron chi connectivity index (χ2n) is 8.10. The topological polar surface area (TPSA) is 163 Å². The number of ether oxygens (including phenoxy) is 1. The number of amides is 4. The van der Waals surface area contributed by atoms with Crippen molar-refractivity contribution in [3.05, 3.63) is 35.9 Å². The van der Waals surface area contributed by atoms with Crippen molar-refractivity contribution in [1.82, 2.24) is 21.3 Å². The Morgan fingerprint density at radius 3 is 1.94 bits per heavy atom. The van der Waals surface area contributed by atoms with Crippen LogP contribution >= 0.6 is 0 Å². The number of rotatable bonds is 12. The van der Waals surface area contributed by atoms with Gasteiger partial charge in [0.25, 0.3) is 0 Å². The number of aliphatic hydroxyl groups excluding tert-OH is 1. The quantitative estimate of drug-likeness (QED) is 0.184. The summed E-state index contributed by atoms with van der Waals surface area (Å²) in [5, 5.41) is 19.8. The van der Waals surface area contributed by atoms with E-state index in [2.05, 4.69) is 37.8 Å². The summed E-state index contributed by atoms with van der Waals surface area (Å²) in [4.78, 5) is 59.8. The lowest BCUT2D eigenvalue weighted by Gasteiger charge is -2.22. The zero-order valence-corrected chi connectivity index (χ0v) is 20.9. The van der Waals surface area contributed by atoms with E-state index >= 15 is 0 Å². The molecule has 0 aliphatic carbocycles. The van der Waals surface area contributed by atoms with Gasteiger partial charge in [0.15, 0.2) is 0 Å². The van der Waals surface area contributed by atoms with E-state index in [-0.39, 0.29) is 19.4 Å². The van der Waals surface area contributed by atoms with E-state index in [1.165, 1.54) is 27.9 Å². The number of carbonyl (C=O) groups is 5. The molecule has 2 unspecified atom stereocenters. The number of nitrogens with one attached hydrogen (secondary N) is 4. The van der Waals surface area contributed by atoms with Gasteiger partial charge in [-0.25, -0.2) is 4.79 Å². The Morgan fingerprint density at radius 2 is 1.42 bits per heavy atom. The molecule has 0 fully saturated rings. The smallest absolute Gasteiger partial charge is 0.329 e. The Balaban J connectivity index is 2.73. The number of hydrogen-bond acceptors (Lipinski definition) is 7. The van der Waals surface area contributed by atoms with E-state index in [0.29, 0.717) is 6.42 Å². The van der Waals surface area contributed by atoms with Crippen molar-refractivity contribution in [1.29, 1.82) is 0 Å². The second-order valence-corrected chi connectivity index (χ2v) is 8.10. The molecule has 196 valence electrons. The molecule has 0 saturated carbocycles. The molecule has 1 aromatic rings. The monoisotopic (exact) mass is 502 g/mol. The normalized spacial score (nSPS) is 13.5. The van der Waals surface area contributed by atoms with Crippen LogP contribution in [0.25, 0.3) is 0 Å². The Kier molecular flexibility index (Phi) is 13.3. The summed E-state index contributed by atoms with van der Waals surface area (Å²) >= 11 is 0. The second kappa shape index (κ2) is 15.9. The minimum atomic E-state index is -1.06. The first-order valence-electron chi connectivity index (χ1n) is 11.4. The maximum Gasteiger partial charge on any atom is 0.329 e. The number of methoxy groups -OCH3 is 1. The third-order valence-corrected chi connectivity index (χ3v) is 4.94. The van der Waals surface area contributed by atoms with Gasteiger partial charge in [0, 0.05) is 26.7 Å². The molecule has 0 aliphatic heterocycles. The van der Waals surface area contributed by atoms with Crippen LogP contribution in [0.5, 0.6) is 0 Å². The highest BCUT2D eigenvalue weighted by atomic mass is 16.5. The van der Waals surface area contributed by atoms with E-state index in [0.717, 1.165) is 5.56 Å². The molecule has 0 spiro atoms. The van der Waals surface area contributed by atoms with Crippen LogP contribution in [0.1, 0.15) is 39.2 Å². The minimum absolute atomic E-state index is 0.0521. The number of esters is 1. The number of hydrogen-bond donors (Lipinski definition) is 5. The fourth-order valence-corrected chi connectivity index (χ4v) is 3.15. The van der Waals surface area contributed by atoms with E-state index in [4.69, 9.17) is 0 Å². The van der Waals surface area contributed by atoms with Crippen LogP contribution in [0, 0.1) is 11.8 Å². The Labute approximate surface area is 210 Å². The van der Waals surface area contributed by atoms with Crippen molar-refractivity contribution in [2.75, 3.05) is 13.7 Å². The highest BCUT2D eigenvalue weighted by Gasteiger charge is 2.24. The van der Waals surface area contributed by atoms with Crippen molar-refractivity contribution < 1.29 is 33.8 Å². The SMILES string of the molecule is COC(=O)C(CC#CCC(NC(C)=O)C(=O)N[C@H](C)C(=O)N[C@@H](CO)Cc1ccccc1)NC(C)=O. The van der Waals surface area contributed by atoms with Crippen LogP contribution < -0.4 is 21.3 Å². The van der Waals surface area contributed by atoms with Crippen molar-refractivity contribution in [3.63, 3.8) is 0 Å². The van der Waals surface area contributed by atoms with Crippen LogP contribution in [0.15, 0.2) is 30.3 Å². The summed E-state index contributed by atoms with van der Waals surface area (Å²) in [7, 11) is 1.18. The molecular weight excluding hydrogens is 468 g/mol. The van der Waals surface area contributed by atoms with Crippen molar-refractivity contribution in [2.45, 2.75) is 64.2 Å². The lowest BCUT2D eigenvalue weighted by Crippen LogP contribution is -2.54. The summed E-state index contributed by atoms with van der Waals surface area (Å²) in [6.07, 6.45) is 0.267. The van der Waals surface area contributed by atoms with Crippen LogP contribution in [-0.4, -0.2) is 72.6 Å². The standard InChI is InChI=1S/C25H34N4O7/c1-16(23(33)29-20(15-30)14-19-10-6-5-7-11-19)26-24(34)21(27-17(2)31)12-8-9-13-22(25(35)36-4)28-18(3)32/h5-7,10-11,16,20-22,30H,12-15H2,1-4H3,(H,26,34)(H,27,31)(H,28,32)(H,29,33)/t16-,20-,21?,22?/m1/s1. The highest BCUT2D eigenvalue weighted by molar-refractivity contribution is 5.91. The zero-order valence-electron chi connectivity index (χ0n) is 20.9. The van der Waals surface area contributed by atoms with Gasteiger partial charge in [-0.05, 0) is 18.9 Å². The molecule has 11 nitrogen and oxygen atoms in total. The summed E-state index contributed by atoms with van der Waals surface area (Å²) in [5.74, 6) is 2.71. The van der Waals surface area contributed by atoms with Gasteiger partial charge in [0.2, 0.25) is 23.6 Å². The maximum atomic E-state index is 12.7. The number of benzene rings is 1. The third kappa shape index (κ3) is 11.5. The fourth-order valence-electron chi connectivity index (χ4n) is 3.15. The molecule has 0 saturated heterocycles. The van der Waals surface area contributed by atoms with E-state index in [1.54, 1.807) is 0 Å². The van der Waals surface area contributed by atoms with Gasteiger partial charge >= 0.3 is 5.97 Å². The van der Waals surface area contributed by atoms with Crippen LogP contribution in [-0.2, 0) is 35.1 Å². The van der Waals surface area contributed by atoms with Gasteiger partial charge in [-0.3, -0.25) is 19.2 Å². The molecule has 0 radical (unpaired) electrons. The molecule has 0 aromatic heterocycles. The maximum absolute atomic E-state index is 12.7. The Morgan fingerprint density at radius 1 is 0.861 bits per heavy atom. The summed E-state index contributed by atoms with van der Waals surface area (Å²) in [5.41, 5.74) is 0.936. The summed E-state index contributed by atoms with van der Waals surface area (Å²) in [6, 6.07) is 5.82. The molecule has 0 aliphatic rings. The van der Waals surface area contributed by atoms with E-state index in [1.807, 2.05) is 30.3 Å². The molecule has 4 amide bonds. The van der Waals surface area contributed by atoms with Crippen molar-refractivity contribution in [2.24, 2.45) is 0 Å². The van der Waals surface area contributed by atoms with Gasteiger partial charge in [0.05, 0.1) is 19.8 Å². The largest absolute Gasteiger partial charge is 0.467 e. The van der Waals surface area contributed by atoms with Gasteiger partial charge < -0.3 is 31.1 Å². The first-order valence-corrected chi connectivity index (χ1v) is 11.4. The first-order chi connectivity index (χ1) is 17.1. The molecule has 11 heteroatoms. The van der Waals surface area contributed by atoms with Crippen LogP contribution in [0.3, 0.4) is 0 Å². The molecule has 0 heterocycles. The minimum Gasteiger partial charge on any atom is -0.467 e. The fraction of sp³-hybridized carbons (Fsp3) is 0.480. The molecule has 4 atom stereocenters. The van der Waals surface area contributed by atoms with E-state index < -0.39 is 53.8 Å². The number of carbonyl (C=O) groups excluding carboxylic acids is 5. The molecule has 1 rings (SSSR count). The van der Waals surface area contributed by atoms with Crippen molar-refractivity contribution in [3.8, 4) is 11.8 Å². The van der Waals surface area contributed by atoms with Crippen LogP contribution in [0.2, 0.25) is 0 Å². The highest BCUT2D eigenvalue weighted by Crippen LogP contribution is 2.04. The van der Waals surface area contributed by atoms with E-state index in [9.17, 15) is 29.1 Å². The molecule has 5 N–H and O–H groups in total. The third-order valence-electron chi connectivity index (χ3n) is 4.94.